The lowest BCUT2D eigenvalue weighted by atomic mass is 10.2. The summed E-state index contributed by atoms with van der Waals surface area (Å²) in [5, 5.41) is 19.1. The minimum absolute atomic E-state index is 0.165. The number of aromatic nitrogens is 3. The second-order valence-corrected chi connectivity index (χ2v) is 7.05. The lowest BCUT2D eigenvalue weighted by molar-refractivity contribution is -0.00127. The zero-order chi connectivity index (χ0) is 18.6. The number of anilines is 1. The van der Waals surface area contributed by atoms with E-state index in [1.54, 1.807) is 0 Å². The number of aliphatic hydroxyl groups is 1. The molecule has 2 aromatic carbocycles. The van der Waals surface area contributed by atoms with Crippen LogP contribution in [-0.2, 0) is 0 Å². The molecule has 0 bridgehead atoms. The van der Waals surface area contributed by atoms with Crippen molar-refractivity contribution in [1.29, 1.82) is 0 Å². The Morgan fingerprint density at radius 3 is 2.59 bits per heavy atom. The number of hydrogen-bond donors (Lipinski definition) is 1. The molecule has 3 aromatic rings. The van der Waals surface area contributed by atoms with E-state index < -0.39 is 6.10 Å². The number of halogens is 1. The zero-order valence-corrected chi connectivity index (χ0v) is 15.7. The monoisotopic (exact) mass is 387 g/mol. The molecule has 0 spiro atoms. The normalized spacial score (nSPS) is 16.6. The number of para-hydroxylation sites is 2. The van der Waals surface area contributed by atoms with E-state index in [1.807, 2.05) is 48.5 Å². The molecular formula is C19H22ClN5O2. The fraction of sp³-hybridized carbons (Fsp3) is 0.368. The topological polar surface area (TPSA) is 66.7 Å². The van der Waals surface area contributed by atoms with Crippen LogP contribution in [0.5, 0.6) is 0 Å². The van der Waals surface area contributed by atoms with Crippen molar-refractivity contribution in [2.45, 2.75) is 6.10 Å². The molecular weight excluding hydrogens is 366 g/mol. The van der Waals surface area contributed by atoms with Gasteiger partial charge >= 0.3 is 0 Å². The zero-order valence-electron chi connectivity index (χ0n) is 14.9. The largest absolute Gasteiger partial charge is 0.392 e. The molecule has 8 heteroatoms. The summed E-state index contributed by atoms with van der Waals surface area (Å²) in [5.74, 6) is 0. The summed E-state index contributed by atoms with van der Waals surface area (Å²) in [6.07, 6.45) is -0.597. The van der Waals surface area contributed by atoms with Crippen LogP contribution in [0.15, 0.2) is 48.5 Å². The second-order valence-electron chi connectivity index (χ2n) is 6.64. The van der Waals surface area contributed by atoms with Crippen molar-refractivity contribution in [3.8, 4) is 0 Å². The summed E-state index contributed by atoms with van der Waals surface area (Å²) in [4.78, 5) is 11.5. The highest BCUT2D eigenvalue weighted by Gasteiger charge is 2.21. The summed E-state index contributed by atoms with van der Waals surface area (Å²) in [5.41, 5.74) is 2.63. The van der Waals surface area contributed by atoms with Crippen molar-refractivity contribution < 1.29 is 9.94 Å². The molecule has 1 unspecified atom stereocenters. The third kappa shape index (κ3) is 4.16. The van der Waals surface area contributed by atoms with Crippen LogP contribution in [0.2, 0.25) is 5.02 Å². The SMILES string of the molecule is OC(COn1nnc2ccccc21)CN1CCN(c2ccccc2Cl)CC1. The third-order valence-electron chi connectivity index (χ3n) is 4.75. The molecule has 1 aliphatic heterocycles. The quantitative estimate of drug-likeness (QED) is 0.694. The summed E-state index contributed by atoms with van der Waals surface area (Å²) >= 11 is 6.28. The first-order valence-electron chi connectivity index (χ1n) is 9.04. The molecule has 0 aliphatic carbocycles. The van der Waals surface area contributed by atoms with Gasteiger partial charge in [-0.2, -0.15) is 0 Å². The van der Waals surface area contributed by atoms with Gasteiger partial charge in [-0.05, 0) is 29.5 Å². The summed E-state index contributed by atoms with van der Waals surface area (Å²) in [7, 11) is 0. The molecule has 1 saturated heterocycles. The number of rotatable bonds is 6. The molecule has 0 saturated carbocycles. The molecule has 2 heterocycles. The minimum atomic E-state index is -0.597. The van der Waals surface area contributed by atoms with Crippen molar-refractivity contribution in [3.05, 3.63) is 53.6 Å². The van der Waals surface area contributed by atoms with E-state index in [1.165, 1.54) is 4.85 Å². The first-order chi connectivity index (χ1) is 13.2. The number of nitrogens with zero attached hydrogens (tertiary/aromatic N) is 5. The van der Waals surface area contributed by atoms with Crippen molar-refractivity contribution in [2.24, 2.45) is 0 Å². The Hall–Kier alpha value is -2.35. The summed E-state index contributed by atoms with van der Waals surface area (Å²) in [6.45, 7) is 4.22. The molecule has 7 nitrogen and oxygen atoms in total. The standard InChI is InChI=1S/C19H22ClN5O2/c20-16-5-1-3-7-18(16)24-11-9-23(10-12-24)13-15(26)14-27-25-19-8-4-2-6-17(19)21-22-25/h1-8,15,26H,9-14H2. The van der Waals surface area contributed by atoms with Crippen LogP contribution >= 0.6 is 11.6 Å². The van der Waals surface area contributed by atoms with Gasteiger partial charge in [0.2, 0.25) is 0 Å². The van der Waals surface area contributed by atoms with Gasteiger partial charge in [0.1, 0.15) is 23.7 Å². The molecule has 142 valence electrons. The van der Waals surface area contributed by atoms with Crippen molar-refractivity contribution in [2.75, 3.05) is 44.2 Å². The summed E-state index contributed by atoms with van der Waals surface area (Å²) < 4.78 is 0. The van der Waals surface area contributed by atoms with Gasteiger partial charge in [0.15, 0.2) is 0 Å². The van der Waals surface area contributed by atoms with E-state index in [0.717, 1.165) is 47.9 Å². The van der Waals surface area contributed by atoms with E-state index in [-0.39, 0.29) is 6.61 Å². The number of hydrogen-bond acceptors (Lipinski definition) is 6. The Bertz CT molecular complexity index is 894. The second kappa shape index (κ2) is 8.12. The van der Waals surface area contributed by atoms with Gasteiger partial charge in [0.05, 0.1) is 10.7 Å². The summed E-state index contributed by atoms with van der Waals surface area (Å²) in [6, 6.07) is 15.5. The van der Waals surface area contributed by atoms with E-state index >= 15 is 0 Å². The Labute approximate surface area is 162 Å². The number of β-amino-alcohol motifs (C(OH)–C–C–N with tert-alkyl or cyclic N) is 1. The minimum Gasteiger partial charge on any atom is -0.392 e. The van der Waals surface area contributed by atoms with Gasteiger partial charge < -0.3 is 14.8 Å². The fourth-order valence-corrected chi connectivity index (χ4v) is 3.59. The van der Waals surface area contributed by atoms with Crippen molar-refractivity contribution >= 4 is 28.3 Å². The molecule has 1 aromatic heterocycles. The predicted molar refractivity (Wildman–Crippen MR) is 105 cm³/mol. The maximum atomic E-state index is 10.3. The Balaban J connectivity index is 1.26. The molecule has 0 radical (unpaired) electrons. The van der Waals surface area contributed by atoms with Gasteiger partial charge in [-0.15, -0.1) is 5.10 Å². The third-order valence-corrected chi connectivity index (χ3v) is 5.06. The van der Waals surface area contributed by atoms with Crippen LogP contribution in [0.1, 0.15) is 0 Å². The van der Waals surface area contributed by atoms with E-state index in [9.17, 15) is 5.11 Å². The van der Waals surface area contributed by atoms with E-state index in [4.69, 9.17) is 16.4 Å². The Kier molecular flexibility index (Phi) is 5.42. The van der Waals surface area contributed by atoms with Crippen LogP contribution in [-0.4, -0.2) is 70.6 Å². The maximum Gasteiger partial charge on any atom is 0.144 e. The number of fused-ring (bicyclic) bond motifs is 1. The lowest BCUT2D eigenvalue weighted by Crippen LogP contribution is -2.49. The van der Waals surface area contributed by atoms with Gasteiger partial charge in [-0.25, -0.2) is 0 Å². The molecule has 1 fully saturated rings. The van der Waals surface area contributed by atoms with Crippen molar-refractivity contribution in [1.82, 2.24) is 20.1 Å². The highest BCUT2D eigenvalue weighted by Crippen LogP contribution is 2.26. The van der Waals surface area contributed by atoms with Gasteiger partial charge in [-0.3, -0.25) is 4.90 Å². The van der Waals surface area contributed by atoms with Crippen LogP contribution in [0.25, 0.3) is 11.0 Å². The van der Waals surface area contributed by atoms with Crippen LogP contribution in [0.4, 0.5) is 5.69 Å². The van der Waals surface area contributed by atoms with Gasteiger partial charge in [-0.1, -0.05) is 40.7 Å². The van der Waals surface area contributed by atoms with Crippen molar-refractivity contribution in [3.63, 3.8) is 0 Å². The molecule has 1 N–H and O–H groups in total. The predicted octanol–water partition coefficient (Wildman–Crippen LogP) is 1.70. The molecule has 0 amide bonds. The first-order valence-corrected chi connectivity index (χ1v) is 9.42. The van der Waals surface area contributed by atoms with Crippen LogP contribution in [0.3, 0.4) is 0 Å². The molecule has 4 rings (SSSR count). The smallest absolute Gasteiger partial charge is 0.144 e. The van der Waals surface area contributed by atoms with E-state index in [0.29, 0.717) is 6.54 Å². The molecule has 1 aliphatic rings. The average molecular weight is 388 g/mol. The Morgan fingerprint density at radius 2 is 1.78 bits per heavy atom. The number of piperazine rings is 1. The highest BCUT2D eigenvalue weighted by atomic mass is 35.5. The van der Waals surface area contributed by atoms with Crippen LogP contribution in [0, 0.1) is 0 Å². The van der Waals surface area contributed by atoms with Gasteiger partial charge in [0.25, 0.3) is 0 Å². The highest BCUT2D eigenvalue weighted by molar-refractivity contribution is 6.33. The first kappa shape index (κ1) is 18.0. The fourth-order valence-electron chi connectivity index (χ4n) is 3.33. The van der Waals surface area contributed by atoms with Gasteiger partial charge in [0, 0.05) is 32.7 Å². The Morgan fingerprint density at radius 1 is 1.04 bits per heavy atom. The van der Waals surface area contributed by atoms with Crippen LogP contribution < -0.4 is 9.74 Å². The molecule has 27 heavy (non-hydrogen) atoms. The average Bonchev–Trinajstić information content (AvgIpc) is 3.11. The lowest BCUT2D eigenvalue weighted by Gasteiger charge is -2.37. The number of benzene rings is 2. The maximum absolute atomic E-state index is 10.3. The number of aliphatic hydroxyl groups excluding tert-OH is 1. The molecule has 1 atom stereocenters. The van der Waals surface area contributed by atoms with E-state index in [2.05, 4.69) is 20.1 Å².